The minimum Gasteiger partial charge on any atom is -0.289 e. The SMILES string of the molecule is C=NN(CCCCC)C1C=CC=NC1C. The van der Waals surface area contributed by atoms with Gasteiger partial charge in [0.1, 0.15) is 0 Å². The van der Waals surface area contributed by atoms with Crippen molar-refractivity contribution in [1.82, 2.24) is 5.01 Å². The van der Waals surface area contributed by atoms with E-state index in [1.807, 2.05) is 17.3 Å². The summed E-state index contributed by atoms with van der Waals surface area (Å²) in [7, 11) is 0. The Morgan fingerprint density at radius 3 is 2.87 bits per heavy atom. The lowest BCUT2D eigenvalue weighted by atomic mass is 10.1. The third-order valence-corrected chi connectivity index (χ3v) is 2.73. The summed E-state index contributed by atoms with van der Waals surface area (Å²) in [6.45, 7) is 8.94. The minimum atomic E-state index is 0.280. The van der Waals surface area contributed by atoms with Crippen molar-refractivity contribution in [3.8, 4) is 0 Å². The van der Waals surface area contributed by atoms with Crippen LogP contribution in [0.15, 0.2) is 22.2 Å². The Kier molecular flexibility index (Phi) is 5.08. The molecule has 0 saturated carbocycles. The first-order chi connectivity index (χ1) is 7.29. The van der Waals surface area contributed by atoms with E-state index in [0.29, 0.717) is 0 Å². The smallest absolute Gasteiger partial charge is 0.0874 e. The summed E-state index contributed by atoms with van der Waals surface area (Å²) in [5, 5.41) is 6.14. The molecule has 0 bridgehead atoms. The molecule has 2 atom stereocenters. The topological polar surface area (TPSA) is 28.0 Å². The van der Waals surface area contributed by atoms with Crippen LogP contribution in [0, 0.1) is 0 Å². The summed E-state index contributed by atoms with van der Waals surface area (Å²) in [6, 6.07) is 0.562. The van der Waals surface area contributed by atoms with Crippen LogP contribution in [-0.4, -0.2) is 36.6 Å². The Bertz CT molecular complexity index is 245. The van der Waals surface area contributed by atoms with Crippen molar-refractivity contribution in [2.45, 2.75) is 45.2 Å². The zero-order valence-electron chi connectivity index (χ0n) is 9.76. The molecule has 1 aliphatic heterocycles. The van der Waals surface area contributed by atoms with Crippen LogP contribution in [-0.2, 0) is 0 Å². The molecule has 0 spiro atoms. The standard InChI is InChI=1S/C12H21N3/c1-4-5-6-10-15(13-3)12-8-7-9-14-11(12)2/h7-9,11-12H,3-6,10H2,1-2H3. The number of hydrogen-bond donors (Lipinski definition) is 0. The molecule has 3 heteroatoms. The molecule has 15 heavy (non-hydrogen) atoms. The molecule has 1 heterocycles. The second-order valence-electron chi connectivity index (χ2n) is 3.93. The Hall–Kier alpha value is -1.12. The molecule has 0 aliphatic carbocycles. The molecule has 0 radical (unpaired) electrons. The molecule has 2 unspecified atom stereocenters. The van der Waals surface area contributed by atoms with Gasteiger partial charge in [0.05, 0.1) is 12.1 Å². The second kappa shape index (κ2) is 6.38. The number of allylic oxidation sites excluding steroid dienone is 1. The summed E-state index contributed by atoms with van der Waals surface area (Å²) >= 11 is 0. The van der Waals surface area contributed by atoms with Crippen LogP contribution in [0.2, 0.25) is 0 Å². The molecule has 0 aromatic heterocycles. The highest BCUT2D eigenvalue weighted by atomic mass is 15.5. The molecule has 0 amide bonds. The number of aliphatic imine (C=N–C) groups is 1. The summed E-state index contributed by atoms with van der Waals surface area (Å²) < 4.78 is 0. The quantitative estimate of drug-likeness (QED) is 0.373. The first kappa shape index (κ1) is 12.0. The number of nitrogens with zero attached hydrogens (tertiary/aromatic N) is 3. The highest BCUT2D eigenvalue weighted by Crippen LogP contribution is 2.14. The van der Waals surface area contributed by atoms with Crippen LogP contribution >= 0.6 is 0 Å². The van der Waals surface area contributed by atoms with E-state index in [2.05, 4.69) is 36.7 Å². The van der Waals surface area contributed by atoms with Gasteiger partial charge in [-0.3, -0.25) is 10.0 Å². The largest absolute Gasteiger partial charge is 0.289 e. The Balaban J connectivity index is 2.46. The Labute approximate surface area is 92.6 Å². The number of rotatable bonds is 6. The van der Waals surface area contributed by atoms with Crippen LogP contribution in [0.1, 0.15) is 33.1 Å². The van der Waals surface area contributed by atoms with E-state index in [9.17, 15) is 0 Å². The van der Waals surface area contributed by atoms with Gasteiger partial charge in [-0.05, 0) is 19.4 Å². The zero-order valence-corrected chi connectivity index (χ0v) is 9.76. The van der Waals surface area contributed by atoms with Crippen LogP contribution < -0.4 is 0 Å². The fourth-order valence-corrected chi connectivity index (χ4v) is 1.78. The zero-order chi connectivity index (χ0) is 11.1. The molecule has 0 saturated heterocycles. The van der Waals surface area contributed by atoms with Gasteiger partial charge in [0.25, 0.3) is 0 Å². The third kappa shape index (κ3) is 3.50. The van der Waals surface area contributed by atoms with E-state index in [1.54, 1.807) is 0 Å². The molecule has 1 aliphatic rings. The highest BCUT2D eigenvalue weighted by molar-refractivity contribution is 5.72. The molecule has 0 fully saturated rings. The van der Waals surface area contributed by atoms with Gasteiger partial charge in [-0.2, -0.15) is 5.10 Å². The number of unbranched alkanes of at least 4 members (excludes halogenated alkanes) is 2. The number of dihydropyridines is 1. The average molecular weight is 207 g/mol. The van der Waals surface area contributed by atoms with Crippen molar-refractivity contribution in [1.29, 1.82) is 0 Å². The summed E-state index contributed by atoms with van der Waals surface area (Å²) in [4.78, 5) is 4.37. The summed E-state index contributed by atoms with van der Waals surface area (Å²) in [6.07, 6.45) is 9.66. The van der Waals surface area contributed by atoms with Gasteiger partial charge in [-0.1, -0.05) is 25.8 Å². The highest BCUT2D eigenvalue weighted by Gasteiger charge is 2.20. The first-order valence-electron chi connectivity index (χ1n) is 5.72. The van der Waals surface area contributed by atoms with Crippen molar-refractivity contribution in [2.24, 2.45) is 10.1 Å². The van der Waals surface area contributed by atoms with Crippen molar-refractivity contribution in [3.05, 3.63) is 12.2 Å². The molecule has 3 nitrogen and oxygen atoms in total. The monoisotopic (exact) mass is 207 g/mol. The molecular weight excluding hydrogens is 186 g/mol. The maximum atomic E-state index is 4.37. The predicted molar refractivity (Wildman–Crippen MR) is 66.7 cm³/mol. The fourth-order valence-electron chi connectivity index (χ4n) is 1.78. The van der Waals surface area contributed by atoms with E-state index in [0.717, 1.165) is 6.54 Å². The van der Waals surface area contributed by atoms with Crippen LogP contribution in [0.25, 0.3) is 0 Å². The van der Waals surface area contributed by atoms with Gasteiger partial charge in [-0.25, -0.2) is 0 Å². The van der Waals surface area contributed by atoms with E-state index in [-0.39, 0.29) is 12.1 Å². The van der Waals surface area contributed by atoms with Crippen molar-refractivity contribution < 1.29 is 0 Å². The van der Waals surface area contributed by atoms with E-state index in [4.69, 9.17) is 0 Å². The van der Waals surface area contributed by atoms with Crippen LogP contribution in [0.5, 0.6) is 0 Å². The normalized spacial score (nSPS) is 24.1. The van der Waals surface area contributed by atoms with Gasteiger partial charge in [0.2, 0.25) is 0 Å². The van der Waals surface area contributed by atoms with Gasteiger partial charge < -0.3 is 0 Å². The molecule has 0 aromatic carbocycles. The maximum absolute atomic E-state index is 4.37. The number of hydrogen-bond acceptors (Lipinski definition) is 3. The van der Waals surface area contributed by atoms with Crippen molar-refractivity contribution in [2.75, 3.05) is 6.54 Å². The minimum absolute atomic E-state index is 0.280. The van der Waals surface area contributed by atoms with Crippen molar-refractivity contribution >= 4 is 12.9 Å². The Morgan fingerprint density at radius 2 is 2.27 bits per heavy atom. The maximum Gasteiger partial charge on any atom is 0.0874 e. The molecule has 84 valence electrons. The van der Waals surface area contributed by atoms with Gasteiger partial charge in [0, 0.05) is 19.5 Å². The lowest BCUT2D eigenvalue weighted by Crippen LogP contribution is -2.38. The molecule has 0 N–H and O–H groups in total. The second-order valence-corrected chi connectivity index (χ2v) is 3.93. The van der Waals surface area contributed by atoms with Gasteiger partial charge in [0.15, 0.2) is 0 Å². The third-order valence-electron chi connectivity index (χ3n) is 2.73. The molecule has 1 rings (SSSR count). The van der Waals surface area contributed by atoms with E-state index < -0.39 is 0 Å². The summed E-state index contributed by atoms with van der Waals surface area (Å²) in [5.74, 6) is 0. The average Bonchev–Trinajstić information content (AvgIpc) is 2.26. The fraction of sp³-hybridized carbons (Fsp3) is 0.667. The lowest BCUT2D eigenvalue weighted by molar-refractivity contribution is 0.216. The van der Waals surface area contributed by atoms with E-state index in [1.165, 1.54) is 19.3 Å². The van der Waals surface area contributed by atoms with Gasteiger partial charge >= 0.3 is 0 Å². The lowest BCUT2D eigenvalue weighted by Gasteiger charge is -2.30. The summed E-state index contributed by atoms with van der Waals surface area (Å²) in [5.41, 5.74) is 0. The van der Waals surface area contributed by atoms with Crippen LogP contribution in [0.4, 0.5) is 0 Å². The molecular formula is C12H21N3. The van der Waals surface area contributed by atoms with Crippen LogP contribution in [0.3, 0.4) is 0 Å². The van der Waals surface area contributed by atoms with Gasteiger partial charge in [-0.15, -0.1) is 0 Å². The van der Waals surface area contributed by atoms with E-state index >= 15 is 0 Å². The number of hydrazone groups is 1. The predicted octanol–water partition coefficient (Wildman–Crippen LogP) is 2.49. The molecule has 0 aromatic rings. The van der Waals surface area contributed by atoms with Crippen molar-refractivity contribution in [3.63, 3.8) is 0 Å². The first-order valence-corrected chi connectivity index (χ1v) is 5.72. The Morgan fingerprint density at radius 1 is 1.47 bits per heavy atom.